The van der Waals surface area contributed by atoms with Gasteiger partial charge in [0, 0.05) is 38.2 Å². The molecule has 2 atom stereocenters. The highest BCUT2D eigenvalue weighted by Gasteiger charge is 2.54. The number of allylic oxidation sites excluding steroid dienone is 1. The predicted molar refractivity (Wildman–Crippen MR) is 105 cm³/mol. The lowest BCUT2D eigenvalue weighted by Crippen LogP contribution is -2.65. The number of methoxy groups -OCH3 is 1. The van der Waals surface area contributed by atoms with Crippen molar-refractivity contribution < 1.29 is 19.1 Å². The van der Waals surface area contributed by atoms with Crippen LogP contribution in [0.15, 0.2) is 47.2 Å². The molecule has 0 bridgehead atoms. The van der Waals surface area contributed by atoms with Crippen molar-refractivity contribution in [3.05, 3.63) is 47.8 Å². The van der Waals surface area contributed by atoms with E-state index < -0.39 is 24.1 Å². The molecule has 0 saturated carbocycles. The largest absolute Gasteiger partial charge is 0.383 e. The number of benzene rings is 1. The van der Waals surface area contributed by atoms with E-state index in [1.165, 1.54) is 4.90 Å². The summed E-state index contributed by atoms with van der Waals surface area (Å²) in [5, 5.41) is 0. The molecule has 9 heteroatoms. The number of hydrogen-bond donors (Lipinski definition) is 0. The molecule has 152 valence electrons. The molecule has 0 spiro atoms. The molecule has 3 aliphatic rings. The molecule has 0 N–H and O–H groups in total. The summed E-state index contributed by atoms with van der Waals surface area (Å²) in [7, 11) is 3.23. The number of urea groups is 1. The number of likely N-dealkylation sites (N-methyl/N-ethyl adjacent to an activating group) is 1. The van der Waals surface area contributed by atoms with Gasteiger partial charge in [0.05, 0.1) is 13.2 Å². The lowest BCUT2D eigenvalue weighted by Gasteiger charge is -2.39. The number of ketones is 1. The highest BCUT2D eigenvalue weighted by atomic mass is 16.5. The number of aliphatic imine (C=N–C) groups is 1. The maximum absolute atomic E-state index is 13.2. The summed E-state index contributed by atoms with van der Waals surface area (Å²) in [5.74, 6) is -0.0780. The van der Waals surface area contributed by atoms with Gasteiger partial charge >= 0.3 is 6.03 Å². The van der Waals surface area contributed by atoms with Crippen LogP contribution in [0.3, 0.4) is 0 Å². The molecule has 9 nitrogen and oxygen atoms in total. The molecule has 0 radical (unpaired) electrons. The van der Waals surface area contributed by atoms with Crippen molar-refractivity contribution in [3.8, 4) is 0 Å². The minimum atomic E-state index is -0.682. The van der Waals surface area contributed by atoms with Crippen molar-refractivity contribution >= 4 is 23.7 Å². The summed E-state index contributed by atoms with van der Waals surface area (Å²) < 4.78 is 5.16. The topological polar surface area (TPSA) is 85.8 Å². The first kappa shape index (κ1) is 19.1. The van der Waals surface area contributed by atoms with E-state index in [0.717, 1.165) is 10.6 Å². The number of carbonyl (C=O) groups is 3. The summed E-state index contributed by atoms with van der Waals surface area (Å²) in [6.07, 6.45) is 1.24. The second kappa shape index (κ2) is 7.32. The van der Waals surface area contributed by atoms with Gasteiger partial charge in [-0.3, -0.25) is 14.5 Å². The average Bonchev–Trinajstić information content (AvgIpc) is 3.23. The van der Waals surface area contributed by atoms with Gasteiger partial charge < -0.3 is 19.4 Å². The standard InChI is InChI=1S/C20H23N5O4/c1-13-11-24-16-17(21-19(24)23(13)9-10-29-3)22(2)20(28)25(18(16)27)12-15(26)14-7-5-4-6-8-14/h4-8,11,16-17H,9-10,12H2,1-3H3. The molecule has 3 heterocycles. The Labute approximate surface area is 168 Å². The molecule has 1 aromatic carbocycles. The van der Waals surface area contributed by atoms with Crippen LogP contribution in [-0.2, 0) is 9.53 Å². The molecule has 29 heavy (non-hydrogen) atoms. The summed E-state index contributed by atoms with van der Waals surface area (Å²) in [6.45, 7) is 2.74. The molecule has 1 fully saturated rings. The van der Waals surface area contributed by atoms with E-state index in [2.05, 4.69) is 4.99 Å². The van der Waals surface area contributed by atoms with E-state index in [1.807, 2.05) is 18.0 Å². The van der Waals surface area contributed by atoms with Crippen molar-refractivity contribution in [3.63, 3.8) is 0 Å². The van der Waals surface area contributed by atoms with E-state index in [9.17, 15) is 14.4 Å². The zero-order valence-electron chi connectivity index (χ0n) is 16.6. The van der Waals surface area contributed by atoms with Crippen molar-refractivity contribution in [1.29, 1.82) is 0 Å². The van der Waals surface area contributed by atoms with Crippen LogP contribution >= 0.6 is 0 Å². The van der Waals surface area contributed by atoms with Gasteiger partial charge in [0.1, 0.15) is 0 Å². The Morgan fingerprint density at radius 1 is 1.17 bits per heavy atom. The average molecular weight is 397 g/mol. The maximum atomic E-state index is 13.2. The molecule has 1 aromatic rings. The third-order valence-electron chi connectivity index (χ3n) is 5.42. The van der Waals surface area contributed by atoms with Crippen LogP contribution in [-0.4, -0.2) is 89.3 Å². The number of guanidine groups is 1. The number of ether oxygens (including phenoxy) is 1. The second-order valence-corrected chi connectivity index (χ2v) is 7.22. The molecule has 4 rings (SSSR count). The third kappa shape index (κ3) is 3.07. The molecular weight excluding hydrogens is 374 g/mol. The van der Waals surface area contributed by atoms with Gasteiger partial charge in [-0.2, -0.15) is 0 Å². The van der Waals surface area contributed by atoms with Gasteiger partial charge in [-0.25, -0.2) is 9.79 Å². The normalized spacial score (nSPS) is 23.3. The fraction of sp³-hybridized carbons (Fsp3) is 0.400. The van der Waals surface area contributed by atoms with Gasteiger partial charge in [-0.1, -0.05) is 30.3 Å². The van der Waals surface area contributed by atoms with E-state index in [-0.39, 0.29) is 12.3 Å². The zero-order chi connectivity index (χ0) is 20.7. The first-order valence-corrected chi connectivity index (χ1v) is 9.41. The predicted octanol–water partition coefficient (Wildman–Crippen LogP) is 0.953. The van der Waals surface area contributed by atoms with Crippen LogP contribution in [0.25, 0.3) is 0 Å². The summed E-state index contributed by atoms with van der Waals surface area (Å²) in [4.78, 5) is 49.5. The highest BCUT2D eigenvalue weighted by Crippen LogP contribution is 2.33. The van der Waals surface area contributed by atoms with Crippen molar-refractivity contribution in [2.24, 2.45) is 4.99 Å². The van der Waals surface area contributed by atoms with E-state index in [1.54, 1.807) is 49.4 Å². The lowest BCUT2D eigenvalue weighted by molar-refractivity contribution is -0.136. The lowest BCUT2D eigenvalue weighted by atomic mass is 10.1. The number of hydrogen-bond acceptors (Lipinski definition) is 7. The fourth-order valence-corrected chi connectivity index (χ4v) is 3.87. The Hall–Kier alpha value is -3.20. The number of imide groups is 1. The van der Waals surface area contributed by atoms with E-state index in [4.69, 9.17) is 4.74 Å². The Morgan fingerprint density at radius 2 is 1.90 bits per heavy atom. The summed E-state index contributed by atoms with van der Waals surface area (Å²) in [5.41, 5.74) is 1.41. The van der Waals surface area contributed by atoms with Crippen molar-refractivity contribution in [2.75, 3.05) is 33.9 Å². The van der Waals surface area contributed by atoms with E-state index in [0.29, 0.717) is 24.7 Å². The van der Waals surface area contributed by atoms with Gasteiger partial charge in [0.15, 0.2) is 18.0 Å². The van der Waals surface area contributed by atoms with Crippen LogP contribution in [0.2, 0.25) is 0 Å². The number of carbonyl (C=O) groups excluding carboxylic acids is 3. The molecule has 0 aromatic heterocycles. The first-order chi connectivity index (χ1) is 13.9. The Bertz CT molecular complexity index is 913. The van der Waals surface area contributed by atoms with E-state index >= 15 is 0 Å². The minimum absolute atomic E-state index is 0.284. The molecule has 3 aliphatic heterocycles. The smallest absolute Gasteiger partial charge is 0.328 e. The Kier molecular flexibility index (Phi) is 4.83. The van der Waals surface area contributed by atoms with Gasteiger partial charge in [0.25, 0.3) is 5.91 Å². The number of rotatable bonds is 6. The quantitative estimate of drug-likeness (QED) is 0.665. The third-order valence-corrected chi connectivity index (χ3v) is 5.42. The van der Waals surface area contributed by atoms with Crippen LogP contribution in [0.5, 0.6) is 0 Å². The zero-order valence-corrected chi connectivity index (χ0v) is 16.6. The Morgan fingerprint density at radius 3 is 2.59 bits per heavy atom. The Balaban J connectivity index is 1.58. The molecule has 1 saturated heterocycles. The number of amides is 3. The summed E-state index contributed by atoms with van der Waals surface area (Å²) in [6, 6.07) is 7.45. The van der Waals surface area contributed by atoms with Crippen molar-refractivity contribution in [1.82, 2.24) is 19.6 Å². The van der Waals surface area contributed by atoms with Crippen LogP contribution < -0.4 is 0 Å². The maximum Gasteiger partial charge on any atom is 0.328 e. The summed E-state index contributed by atoms with van der Waals surface area (Å²) >= 11 is 0. The monoisotopic (exact) mass is 397 g/mol. The molecular formula is C20H23N5O4. The van der Waals surface area contributed by atoms with Crippen LogP contribution in [0.1, 0.15) is 17.3 Å². The number of Topliss-reactive ketones (excluding diaryl/α,β-unsaturated/α-hetero) is 1. The molecule has 0 aliphatic carbocycles. The van der Waals surface area contributed by atoms with Gasteiger partial charge in [-0.15, -0.1) is 0 Å². The SMILES string of the molecule is COCCN1C(C)=CN2C1=NC1C2C(=O)N(CC(=O)c2ccccc2)C(=O)N1C. The number of nitrogens with zero attached hydrogens (tertiary/aromatic N) is 5. The van der Waals surface area contributed by atoms with Gasteiger partial charge in [-0.05, 0) is 6.92 Å². The van der Waals surface area contributed by atoms with Gasteiger partial charge in [0.2, 0.25) is 5.96 Å². The van der Waals surface area contributed by atoms with Crippen molar-refractivity contribution in [2.45, 2.75) is 19.1 Å². The number of fused-ring (bicyclic) bond motifs is 3. The molecule has 2 unspecified atom stereocenters. The van der Waals surface area contributed by atoms with Crippen LogP contribution in [0.4, 0.5) is 4.79 Å². The minimum Gasteiger partial charge on any atom is -0.383 e. The highest BCUT2D eigenvalue weighted by molar-refractivity contribution is 6.09. The molecule has 3 amide bonds. The first-order valence-electron chi connectivity index (χ1n) is 9.41. The fourth-order valence-electron chi connectivity index (χ4n) is 3.87. The second-order valence-electron chi connectivity index (χ2n) is 7.22. The van der Waals surface area contributed by atoms with Crippen LogP contribution in [0, 0.1) is 0 Å².